The molecule has 0 aromatic rings. The highest BCUT2D eigenvalue weighted by molar-refractivity contribution is 4.86. The molecule has 1 saturated heterocycles. The van der Waals surface area contributed by atoms with E-state index in [2.05, 4.69) is 51.9 Å². The number of rotatable bonds is 3. The fraction of sp³-hybridized carbons (Fsp3) is 1.00. The Morgan fingerprint density at radius 1 is 1.25 bits per heavy atom. The van der Waals surface area contributed by atoms with E-state index in [0.29, 0.717) is 11.5 Å². The third kappa shape index (κ3) is 3.74. The van der Waals surface area contributed by atoms with Gasteiger partial charge in [-0.2, -0.15) is 0 Å². The predicted octanol–water partition coefficient (Wildman–Crippen LogP) is 2.74. The topological polar surface area (TPSA) is 15.3 Å². The zero-order chi connectivity index (χ0) is 12.3. The van der Waals surface area contributed by atoms with E-state index < -0.39 is 0 Å². The van der Waals surface area contributed by atoms with Crippen LogP contribution in [0.2, 0.25) is 0 Å². The summed E-state index contributed by atoms with van der Waals surface area (Å²) in [5, 5.41) is 3.48. The summed E-state index contributed by atoms with van der Waals surface area (Å²) in [4.78, 5) is 2.67. The SMILES string of the molecule is CNC(CN1CC(C)CCC1C)C(C)(C)C. The first-order chi connectivity index (χ1) is 7.34. The van der Waals surface area contributed by atoms with E-state index in [-0.39, 0.29) is 0 Å². The molecule has 16 heavy (non-hydrogen) atoms. The summed E-state index contributed by atoms with van der Waals surface area (Å²) in [7, 11) is 2.09. The van der Waals surface area contributed by atoms with Crippen molar-refractivity contribution < 1.29 is 0 Å². The summed E-state index contributed by atoms with van der Waals surface area (Å²) in [6.45, 7) is 14.2. The third-order valence-electron chi connectivity index (χ3n) is 4.06. The fourth-order valence-corrected chi connectivity index (χ4v) is 2.67. The van der Waals surface area contributed by atoms with Crippen LogP contribution in [0.5, 0.6) is 0 Å². The average molecular weight is 226 g/mol. The summed E-state index contributed by atoms with van der Waals surface area (Å²) in [5.74, 6) is 0.869. The molecular weight excluding hydrogens is 196 g/mol. The lowest BCUT2D eigenvalue weighted by atomic mass is 9.85. The Kier molecular flexibility index (Phi) is 4.81. The van der Waals surface area contributed by atoms with Crippen molar-refractivity contribution in [1.29, 1.82) is 0 Å². The van der Waals surface area contributed by atoms with E-state index >= 15 is 0 Å². The Hall–Kier alpha value is -0.0800. The molecule has 2 heteroatoms. The van der Waals surface area contributed by atoms with Crippen molar-refractivity contribution in [3.05, 3.63) is 0 Å². The molecule has 96 valence electrons. The fourth-order valence-electron chi connectivity index (χ4n) is 2.67. The predicted molar refractivity (Wildman–Crippen MR) is 71.7 cm³/mol. The van der Waals surface area contributed by atoms with Gasteiger partial charge in [0.05, 0.1) is 0 Å². The molecule has 1 rings (SSSR count). The summed E-state index contributed by atoms with van der Waals surface area (Å²) < 4.78 is 0. The average Bonchev–Trinajstić information content (AvgIpc) is 2.17. The molecule has 0 aromatic carbocycles. The van der Waals surface area contributed by atoms with Crippen LogP contribution in [-0.4, -0.2) is 37.1 Å². The van der Waals surface area contributed by atoms with Gasteiger partial charge in [-0.25, -0.2) is 0 Å². The molecule has 3 unspecified atom stereocenters. The lowest BCUT2D eigenvalue weighted by Gasteiger charge is -2.42. The van der Waals surface area contributed by atoms with Crippen LogP contribution < -0.4 is 5.32 Å². The van der Waals surface area contributed by atoms with Crippen molar-refractivity contribution in [1.82, 2.24) is 10.2 Å². The summed E-state index contributed by atoms with van der Waals surface area (Å²) in [5.41, 5.74) is 0.342. The Morgan fingerprint density at radius 2 is 1.88 bits per heavy atom. The van der Waals surface area contributed by atoms with Crippen LogP contribution in [0.4, 0.5) is 0 Å². The Balaban J connectivity index is 2.56. The van der Waals surface area contributed by atoms with Gasteiger partial charge in [-0.1, -0.05) is 27.7 Å². The largest absolute Gasteiger partial charge is 0.315 e. The quantitative estimate of drug-likeness (QED) is 0.796. The first-order valence-electron chi connectivity index (χ1n) is 6.76. The van der Waals surface area contributed by atoms with E-state index in [9.17, 15) is 0 Å². The maximum atomic E-state index is 3.48. The maximum absolute atomic E-state index is 3.48. The maximum Gasteiger partial charge on any atom is 0.0240 e. The van der Waals surface area contributed by atoms with Gasteiger partial charge in [0.25, 0.3) is 0 Å². The van der Waals surface area contributed by atoms with Crippen molar-refractivity contribution in [2.45, 2.75) is 59.5 Å². The summed E-state index contributed by atoms with van der Waals surface area (Å²) in [6, 6.07) is 1.34. The molecule has 3 atom stereocenters. The molecular formula is C14H30N2. The molecule has 0 amide bonds. The highest BCUT2D eigenvalue weighted by Crippen LogP contribution is 2.25. The van der Waals surface area contributed by atoms with E-state index in [4.69, 9.17) is 0 Å². The lowest BCUT2D eigenvalue weighted by molar-refractivity contribution is 0.0903. The van der Waals surface area contributed by atoms with Gasteiger partial charge in [-0.3, -0.25) is 4.90 Å². The number of likely N-dealkylation sites (tertiary alicyclic amines) is 1. The molecule has 1 fully saturated rings. The second-order valence-corrected chi connectivity index (χ2v) is 6.69. The minimum absolute atomic E-state index is 0.342. The van der Waals surface area contributed by atoms with Crippen LogP contribution >= 0.6 is 0 Å². The van der Waals surface area contributed by atoms with Crippen LogP contribution in [0.15, 0.2) is 0 Å². The van der Waals surface area contributed by atoms with E-state index in [1.165, 1.54) is 25.9 Å². The van der Waals surface area contributed by atoms with Gasteiger partial charge in [0, 0.05) is 25.2 Å². The monoisotopic (exact) mass is 226 g/mol. The molecule has 0 aliphatic carbocycles. The van der Waals surface area contributed by atoms with Crippen LogP contribution in [0, 0.1) is 11.3 Å². The van der Waals surface area contributed by atoms with E-state index in [0.717, 1.165) is 12.0 Å². The molecule has 2 nitrogen and oxygen atoms in total. The molecule has 0 radical (unpaired) electrons. The molecule has 0 aromatic heterocycles. The number of hydrogen-bond acceptors (Lipinski definition) is 2. The van der Waals surface area contributed by atoms with Gasteiger partial charge in [0.2, 0.25) is 0 Å². The van der Waals surface area contributed by atoms with Gasteiger partial charge < -0.3 is 5.32 Å². The molecule has 0 spiro atoms. The highest BCUT2D eigenvalue weighted by Gasteiger charge is 2.29. The van der Waals surface area contributed by atoms with Crippen molar-refractivity contribution in [2.24, 2.45) is 11.3 Å². The van der Waals surface area contributed by atoms with Gasteiger partial charge in [-0.05, 0) is 38.1 Å². The van der Waals surface area contributed by atoms with E-state index in [1.54, 1.807) is 0 Å². The first-order valence-corrected chi connectivity index (χ1v) is 6.76. The third-order valence-corrected chi connectivity index (χ3v) is 4.06. The van der Waals surface area contributed by atoms with Crippen LogP contribution in [0.3, 0.4) is 0 Å². The molecule has 1 aliphatic heterocycles. The number of likely N-dealkylation sites (N-methyl/N-ethyl adjacent to an activating group) is 1. The zero-order valence-corrected chi connectivity index (χ0v) is 12.0. The standard InChI is InChI=1S/C14H30N2/c1-11-7-8-12(2)16(9-11)10-13(15-6)14(3,4)5/h11-13,15H,7-10H2,1-6H3. The number of piperidine rings is 1. The first kappa shape index (κ1) is 14.0. The van der Waals surface area contributed by atoms with Crippen LogP contribution in [0.1, 0.15) is 47.5 Å². The second-order valence-electron chi connectivity index (χ2n) is 6.69. The van der Waals surface area contributed by atoms with Crippen molar-refractivity contribution in [3.8, 4) is 0 Å². The van der Waals surface area contributed by atoms with Crippen molar-refractivity contribution in [2.75, 3.05) is 20.1 Å². The second kappa shape index (κ2) is 5.50. The van der Waals surface area contributed by atoms with Crippen molar-refractivity contribution in [3.63, 3.8) is 0 Å². The van der Waals surface area contributed by atoms with Crippen molar-refractivity contribution >= 4 is 0 Å². The van der Waals surface area contributed by atoms with Crippen LogP contribution in [0.25, 0.3) is 0 Å². The Bertz CT molecular complexity index is 207. The molecule has 1 N–H and O–H groups in total. The Morgan fingerprint density at radius 3 is 2.38 bits per heavy atom. The van der Waals surface area contributed by atoms with Crippen LogP contribution in [-0.2, 0) is 0 Å². The summed E-state index contributed by atoms with van der Waals surface area (Å²) >= 11 is 0. The number of nitrogens with one attached hydrogen (secondary N) is 1. The highest BCUT2D eigenvalue weighted by atomic mass is 15.2. The number of nitrogens with zero attached hydrogens (tertiary/aromatic N) is 1. The smallest absolute Gasteiger partial charge is 0.0240 e. The van der Waals surface area contributed by atoms with E-state index in [1.807, 2.05) is 0 Å². The molecule has 0 bridgehead atoms. The molecule has 1 aliphatic rings. The van der Waals surface area contributed by atoms with Gasteiger partial charge in [-0.15, -0.1) is 0 Å². The normalized spacial score (nSPS) is 30.4. The zero-order valence-electron chi connectivity index (χ0n) is 12.0. The number of hydrogen-bond donors (Lipinski definition) is 1. The molecule has 0 saturated carbocycles. The minimum Gasteiger partial charge on any atom is -0.315 e. The molecule has 1 heterocycles. The van der Waals surface area contributed by atoms with Gasteiger partial charge >= 0.3 is 0 Å². The van der Waals surface area contributed by atoms with Gasteiger partial charge in [0.15, 0.2) is 0 Å². The minimum atomic E-state index is 0.342. The Labute approximate surface area is 102 Å². The summed E-state index contributed by atoms with van der Waals surface area (Å²) in [6.07, 6.45) is 2.76. The van der Waals surface area contributed by atoms with Gasteiger partial charge in [0.1, 0.15) is 0 Å². The lowest BCUT2D eigenvalue weighted by Crippen LogP contribution is -2.52.